The fraction of sp³-hybridized carbons (Fsp3) is 0.600. The molecule has 1 aromatic carbocycles. The van der Waals surface area contributed by atoms with Crippen molar-refractivity contribution < 1.29 is 24.1 Å². The number of likely N-dealkylation sites (tertiary alicyclic amines) is 1. The highest BCUT2D eigenvalue weighted by Crippen LogP contribution is 2.36. The van der Waals surface area contributed by atoms with Crippen molar-refractivity contribution in [3.05, 3.63) is 35.5 Å². The van der Waals surface area contributed by atoms with Crippen LogP contribution in [0.2, 0.25) is 0 Å². The van der Waals surface area contributed by atoms with Crippen LogP contribution in [-0.2, 0) is 9.47 Å². The lowest BCUT2D eigenvalue weighted by atomic mass is 9.83. The monoisotopic (exact) mass is 566 g/mol. The first-order valence-electron chi connectivity index (χ1n) is 14.4. The number of amides is 1. The van der Waals surface area contributed by atoms with Gasteiger partial charge in [0.25, 0.3) is 0 Å². The maximum absolute atomic E-state index is 12.8. The molecule has 0 bridgehead atoms. The van der Waals surface area contributed by atoms with Crippen molar-refractivity contribution in [2.45, 2.75) is 77.5 Å². The minimum Gasteiger partial charge on any atom is -0.467 e. The number of anilines is 1. The molecule has 1 N–H and O–H groups in total. The molecule has 0 saturated carbocycles. The van der Waals surface area contributed by atoms with Crippen molar-refractivity contribution in [1.29, 1.82) is 0 Å². The molecular formula is C30H42N6O5. The number of nitrogens with zero attached hydrogens (tertiary/aromatic N) is 6. The number of hydrogen-bond acceptors (Lipinski definition) is 9. The number of fused-ring (bicyclic) bond motifs is 1. The van der Waals surface area contributed by atoms with E-state index >= 15 is 0 Å². The zero-order valence-corrected chi connectivity index (χ0v) is 25.0. The Hall–Kier alpha value is -3.44. The van der Waals surface area contributed by atoms with Gasteiger partial charge in [0.1, 0.15) is 11.4 Å². The summed E-state index contributed by atoms with van der Waals surface area (Å²) in [7, 11) is 1.56. The average Bonchev–Trinajstić information content (AvgIpc) is 3.34. The van der Waals surface area contributed by atoms with Crippen LogP contribution in [0, 0.1) is 6.92 Å². The number of benzene rings is 1. The third-order valence-electron chi connectivity index (χ3n) is 7.89. The molecule has 2 saturated heterocycles. The lowest BCUT2D eigenvalue weighted by Gasteiger charge is -2.39. The minimum atomic E-state index is -0.514. The highest BCUT2D eigenvalue weighted by Gasteiger charge is 2.33. The molecule has 222 valence electrons. The van der Waals surface area contributed by atoms with E-state index in [9.17, 15) is 9.90 Å². The van der Waals surface area contributed by atoms with Gasteiger partial charge in [-0.25, -0.2) is 9.48 Å². The molecule has 41 heavy (non-hydrogen) atoms. The summed E-state index contributed by atoms with van der Waals surface area (Å²) in [4.78, 5) is 26.0. The van der Waals surface area contributed by atoms with Crippen molar-refractivity contribution in [3.8, 4) is 11.8 Å². The van der Waals surface area contributed by atoms with Crippen LogP contribution in [0.15, 0.2) is 24.4 Å². The zero-order chi connectivity index (χ0) is 29.3. The highest BCUT2D eigenvalue weighted by atomic mass is 16.6. The van der Waals surface area contributed by atoms with E-state index in [1.807, 2.05) is 42.6 Å². The number of aromatic nitrogens is 4. The summed E-state index contributed by atoms with van der Waals surface area (Å²) in [6.07, 6.45) is 3.86. The molecule has 11 nitrogen and oxygen atoms in total. The summed E-state index contributed by atoms with van der Waals surface area (Å²) < 4.78 is 18.8. The van der Waals surface area contributed by atoms with Gasteiger partial charge in [0.15, 0.2) is 5.82 Å². The number of aryl methyl sites for hydroxylation is 1. The summed E-state index contributed by atoms with van der Waals surface area (Å²) in [5.74, 6) is 1.66. The Kier molecular flexibility index (Phi) is 8.37. The number of methoxy groups -OCH3 is 1. The first-order valence-corrected chi connectivity index (χ1v) is 14.4. The Morgan fingerprint density at radius 2 is 1.95 bits per heavy atom. The topological polar surface area (TPSA) is 115 Å². The molecule has 0 spiro atoms. The Bertz CT molecular complexity index is 1380. The number of morpholine rings is 1. The van der Waals surface area contributed by atoms with Gasteiger partial charge in [-0.2, -0.15) is 15.1 Å². The zero-order valence-electron chi connectivity index (χ0n) is 25.0. The molecule has 2 aliphatic heterocycles. The number of carbonyl (C=O) groups is 1. The lowest BCUT2D eigenvalue weighted by molar-refractivity contribution is 0.0103. The van der Waals surface area contributed by atoms with Gasteiger partial charge in [-0.05, 0) is 83.1 Å². The summed E-state index contributed by atoms with van der Waals surface area (Å²) in [5.41, 5.74) is 2.92. The van der Waals surface area contributed by atoms with Crippen molar-refractivity contribution in [3.63, 3.8) is 0 Å². The molecule has 3 aromatic rings. The number of aliphatic hydroxyl groups excluding tert-OH is 1. The molecule has 11 heteroatoms. The van der Waals surface area contributed by atoms with E-state index < -0.39 is 5.60 Å². The average molecular weight is 567 g/mol. The summed E-state index contributed by atoms with van der Waals surface area (Å²) in [6, 6.07) is 6.66. The van der Waals surface area contributed by atoms with E-state index in [-0.39, 0.29) is 30.9 Å². The van der Waals surface area contributed by atoms with Crippen LogP contribution in [0.1, 0.15) is 64.0 Å². The lowest BCUT2D eigenvalue weighted by Crippen LogP contribution is -2.46. The minimum absolute atomic E-state index is 0.0571. The molecule has 1 amide bonds. The van der Waals surface area contributed by atoms with Gasteiger partial charge in [-0.1, -0.05) is 0 Å². The van der Waals surface area contributed by atoms with Gasteiger partial charge in [-0.15, -0.1) is 0 Å². The molecule has 2 unspecified atom stereocenters. The van der Waals surface area contributed by atoms with E-state index in [1.54, 1.807) is 7.11 Å². The maximum Gasteiger partial charge on any atom is 0.410 e. The molecule has 4 heterocycles. The predicted molar refractivity (Wildman–Crippen MR) is 156 cm³/mol. The number of piperidine rings is 1. The second kappa shape index (κ2) is 11.8. The Morgan fingerprint density at radius 1 is 1.17 bits per heavy atom. The molecular weight excluding hydrogens is 524 g/mol. The Morgan fingerprint density at radius 3 is 2.66 bits per heavy atom. The van der Waals surface area contributed by atoms with Crippen LogP contribution >= 0.6 is 0 Å². The van der Waals surface area contributed by atoms with E-state index in [2.05, 4.69) is 40.8 Å². The van der Waals surface area contributed by atoms with Crippen LogP contribution in [0.4, 0.5) is 10.6 Å². The van der Waals surface area contributed by atoms with Gasteiger partial charge < -0.3 is 29.1 Å². The second-order valence-corrected chi connectivity index (χ2v) is 12.1. The van der Waals surface area contributed by atoms with E-state index in [0.29, 0.717) is 44.4 Å². The molecule has 0 radical (unpaired) electrons. The number of carbonyl (C=O) groups excluding carboxylic acids is 1. The van der Waals surface area contributed by atoms with Crippen LogP contribution in [0.25, 0.3) is 16.7 Å². The number of hydrogen-bond donors (Lipinski definition) is 1. The molecule has 0 aliphatic carbocycles. The third kappa shape index (κ3) is 6.41. The van der Waals surface area contributed by atoms with Gasteiger partial charge in [0, 0.05) is 43.7 Å². The van der Waals surface area contributed by atoms with Crippen LogP contribution < -0.4 is 9.64 Å². The molecule has 2 fully saturated rings. The molecule has 2 aromatic heterocycles. The van der Waals surface area contributed by atoms with Crippen molar-refractivity contribution >= 4 is 22.8 Å². The number of aliphatic hydroxyl groups is 1. The molecule has 3 atom stereocenters. The number of rotatable bonds is 6. The van der Waals surface area contributed by atoms with Crippen molar-refractivity contribution in [2.75, 3.05) is 44.9 Å². The molecule has 2 aliphatic rings. The SMILES string of the molecule is COc1nc(N2CCO[C@H](CCO)C2)cc(-n2ncc3cc(C)c(C4CCN(C(=O)OC(C)(C)C)C(C)C4)cc32)n1. The fourth-order valence-corrected chi connectivity index (χ4v) is 5.88. The second-order valence-electron chi connectivity index (χ2n) is 12.1. The van der Waals surface area contributed by atoms with Crippen molar-refractivity contribution in [1.82, 2.24) is 24.6 Å². The third-order valence-corrected chi connectivity index (χ3v) is 7.89. The standard InChI is InChI=1S/C30H42N6O5/c1-19-13-22-17-31-36(27-16-26(32-28(33-27)39-6)34-10-12-40-23(18-34)8-11-37)25(22)15-24(19)21-7-9-35(20(2)14-21)29(38)41-30(3,4)5/h13,15-17,20-21,23,37H,7-12,14,18H2,1-6H3/t20?,21?,23-/m1/s1. The Balaban J connectivity index is 1.43. The first kappa shape index (κ1) is 29.1. The van der Waals surface area contributed by atoms with E-state index in [4.69, 9.17) is 19.3 Å². The van der Waals surface area contributed by atoms with Gasteiger partial charge in [-0.3, -0.25) is 0 Å². The van der Waals surface area contributed by atoms with E-state index in [1.165, 1.54) is 11.1 Å². The van der Waals surface area contributed by atoms with Crippen LogP contribution in [0.5, 0.6) is 6.01 Å². The quantitative estimate of drug-likeness (QED) is 0.468. The number of ether oxygens (including phenoxy) is 3. The Labute approximate surface area is 241 Å². The van der Waals surface area contributed by atoms with Gasteiger partial charge in [0.05, 0.1) is 31.5 Å². The fourth-order valence-electron chi connectivity index (χ4n) is 5.88. The van der Waals surface area contributed by atoms with Crippen LogP contribution in [-0.4, -0.2) is 93.6 Å². The summed E-state index contributed by atoms with van der Waals surface area (Å²) in [6.45, 7) is 12.5. The maximum atomic E-state index is 12.8. The summed E-state index contributed by atoms with van der Waals surface area (Å²) >= 11 is 0. The van der Waals surface area contributed by atoms with E-state index in [0.717, 1.165) is 29.6 Å². The summed E-state index contributed by atoms with van der Waals surface area (Å²) in [5, 5.41) is 15.1. The smallest absolute Gasteiger partial charge is 0.410 e. The van der Waals surface area contributed by atoms with Crippen molar-refractivity contribution in [2.24, 2.45) is 0 Å². The highest BCUT2D eigenvalue weighted by molar-refractivity contribution is 5.82. The first-order chi connectivity index (χ1) is 19.6. The molecule has 5 rings (SSSR count). The van der Waals surface area contributed by atoms with Gasteiger partial charge in [0.2, 0.25) is 0 Å². The van der Waals surface area contributed by atoms with Crippen LogP contribution in [0.3, 0.4) is 0 Å². The predicted octanol–water partition coefficient (Wildman–Crippen LogP) is 4.22. The van der Waals surface area contributed by atoms with Gasteiger partial charge >= 0.3 is 12.1 Å². The normalized spacial score (nSPS) is 21.8. The largest absolute Gasteiger partial charge is 0.467 e.